The van der Waals surface area contributed by atoms with Crippen LogP contribution in [0.25, 0.3) is 0 Å². The van der Waals surface area contributed by atoms with Gasteiger partial charge in [0, 0.05) is 0 Å². The van der Waals surface area contributed by atoms with Crippen molar-refractivity contribution in [2.75, 3.05) is 0 Å². The third-order valence-electron chi connectivity index (χ3n) is 1.38. The van der Waals surface area contributed by atoms with Crippen LogP contribution in [0.4, 0.5) is 0 Å². The van der Waals surface area contributed by atoms with Crippen LogP contribution in [0.3, 0.4) is 0 Å². The molecule has 0 aliphatic rings. The number of hydrogen-bond acceptors (Lipinski definition) is 0. The van der Waals surface area contributed by atoms with Crippen molar-refractivity contribution in [2.45, 2.75) is 46.0 Å². The molecule has 0 nitrogen and oxygen atoms in total. The Bertz CT molecular complexity index is 74.9. The van der Waals surface area contributed by atoms with Crippen molar-refractivity contribution < 1.29 is 34.0 Å². The third kappa shape index (κ3) is 22.5. The Labute approximate surface area is 114 Å². The van der Waals surface area contributed by atoms with E-state index < -0.39 is 0 Å². The van der Waals surface area contributed by atoms with E-state index in [0.29, 0.717) is 0 Å². The van der Waals surface area contributed by atoms with Gasteiger partial charge in [-0.3, -0.25) is 0 Å². The quantitative estimate of drug-likeness (QED) is 0.292. The predicted molar refractivity (Wildman–Crippen MR) is 49.3 cm³/mol. The second-order valence-electron chi connectivity index (χ2n) is 2.38. The Hall–Kier alpha value is 1.47. The van der Waals surface area contributed by atoms with Gasteiger partial charge in [-0.1, -0.05) is 38.8 Å². The van der Waals surface area contributed by atoms with Gasteiger partial charge in [0.05, 0.1) is 0 Å². The molecule has 0 amide bonds. The molecule has 0 atom stereocenters. The van der Waals surface area contributed by atoms with Crippen molar-refractivity contribution in [3.05, 3.63) is 12.2 Å². The maximum Gasteiger partial charge on any atom is 2.00 e. The summed E-state index contributed by atoms with van der Waals surface area (Å²) in [7, 11) is 0. The minimum atomic E-state index is 0. The summed E-state index contributed by atoms with van der Waals surface area (Å²) in [5.41, 5.74) is 0. The summed E-state index contributed by atoms with van der Waals surface area (Å²) >= 11 is 0. The van der Waals surface area contributed by atoms with Crippen LogP contribution >= 0.6 is 0 Å². The number of halogens is 2. The van der Waals surface area contributed by atoms with Crippen LogP contribution < -0.4 is 34.0 Å². The molecule has 0 aromatic heterocycles. The summed E-state index contributed by atoms with van der Waals surface area (Å²) in [6.45, 7) is 4.42. The first-order valence-electron chi connectivity index (χ1n) is 4.06. The standard InChI is InChI=1S/C9H18.2BrH.Mg/c1-3-5-7-9-8-6-4-2;;;/h5,7H,3-4,6,8-9H2,1-2H3;2*1H;/q;;;+2/p-2/b7-5-;;;. The molecule has 0 fully saturated rings. The molecule has 0 aliphatic carbocycles. The van der Waals surface area contributed by atoms with E-state index in [1.807, 2.05) is 0 Å². The second kappa shape index (κ2) is 22.9. The van der Waals surface area contributed by atoms with E-state index >= 15 is 0 Å². The molecule has 3 heteroatoms. The van der Waals surface area contributed by atoms with Crippen molar-refractivity contribution >= 4 is 23.1 Å². The van der Waals surface area contributed by atoms with Crippen molar-refractivity contribution in [2.24, 2.45) is 0 Å². The molecule has 0 saturated carbocycles. The van der Waals surface area contributed by atoms with E-state index in [4.69, 9.17) is 0 Å². The van der Waals surface area contributed by atoms with Crippen LogP contribution in [0.2, 0.25) is 0 Å². The molecule has 0 unspecified atom stereocenters. The first-order chi connectivity index (χ1) is 4.41. The van der Waals surface area contributed by atoms with Crippen LogP contribution in [-0.2, 0) is 0 Å². The number of rotatable bonds is 5. The van der Waals surface area contributed by atoms with Crippen LogP contribution in [0, 0.1) is 0 Å². The topological polar surface area (TPSA) is 0 Å². The van der Waals surface area contributed by atoms with Crippen LogP contribution in [0.1, 0.15) is 46.0 Å². The zero-order valence-electron chi connectivity index (χ0n) is 8.15. The van der Waals surface area contributed by atoms with E-state index in [0.717, 1.165) is 0 Å². The average Bonchev–Trinajstić information content (AvgIpc) is 1.89. The van der Waals surface area contributed by atoms with Crippen molar-refractivity contribution in [3.63, 3.8) is 0 Å². The van der Waals surface area contributed by atoms with Gasteiger partial charge >= 0.3 is 23.1 Å². The van der Waals surface area contributed by atoms with E-state index in [1.165, 1.54) is 32.1 Å². The maximum atomic E-state index is 2.29. The second-order valence-corrected chi connectivity index (χ2v) is 2.38. The molecule has 70 valence electrons. The molecule has 12 heavy (non-hydrogen) atoms. The van der Waals surface area contributed by atoms with Crippen molar-refractivity contribution in [3.8, 4) is 0 Å². The monoisotopic (exact) mass is 308 g/mol. The van der Waals surface area contributed by atoms with Crippen LogP contribution in [-0.4, -0.2) is 23.1 Å². The fourth-order valence-electron chi connectivity index (χ4n) is 0.797. The zero-order chi connectivity index (χ0) is 6.95. The number of hydrogen-bond donors (Lipinski definition) is 0. The summed E-state index contributed by atoms with van der Waals surface area (Å²) in [6.07, 6.45) is 11.1. The molecule has 0 saturated heterocycles. The van der Waals surface area contributed by atoms with Gasteiger partial charge in [0.1, 0.15) is 0 Å². The summed E-state index contributed by atoms with van der Waals surface area (Å²) in [6, 6.07) is 0. The average molecular weight is 310 g/mol. The van der Waals surface area contributed by atoms with E-state index in [1.54, 1.807) is 0 Å². The van der Waals surface area contributed by atoms with Gasteiger partial charge in [-0.2, -0.15) is 0 Å². The first-order valence-corrected chi connectivity index (χ1v) is 4.06. The predicted octanol–water partition coefficient (Wildman–Crippen LogP) is -2.84. The van der Waals surface area contributed by atoms with Gasteiger partial charge in [-0.25, -0.2) is 0 Å². The molecule has 0 radical (unpaired) electrons. The maximum absolute atomic E-state index is 2.29. The Morgan fingerprint density at radius 2 is 1.50 bits per heavy atom. The smallest absolute Gasteiger partial charge is 1.00 e. The molecule has 0 aliphatic heterocycles. The zero-order valence-corrected chi connectivity index (χ0v) is 12.7. The molecular formula is C9H18Br2Mg. The summed E-state index contributed by atoms with van der Waals surface area (Å²) < 4.78 is 0. The van der Waals surface area contributed by atoms with Gasteiger partial charge in [-0.15, -0.1) is 0 Å². The molecule has 0 N–H and O–H groups in total. The van der Waals surface area contributed by atoms with Gasteiger partial charge in [0.2, 0.25) is 0 Å². The fourth-order valence-corrected chi connectivity index (χ4v) is 0.797. The van der Waals surface area contributed by atoms with E-state index in [2.05, 4.69) is 26.0 Å². The molecule has 0 spiro atoms. The van der Waals surface area contributed by atoms with E-state index in [-0.39, 0.29) is 57.0 Å². The first kappa shape index (κ1) is 23.4. The fraction of sp³-hybridized carbons (Fsp3) is 0.778. The largest absolute Gasteiger partial charge is 2.00 e. The SMILES string of the molecule is CC/C=C\CCCCC.[Br-].[Br-].[Mg+2]. The van der Waals surface area contributed by atoms with E-state index in [9.17, 15) is 0 Å². The minimum Gasteiger partial charge on any atom is -1.00 e. The molecule has 0 aromatic carbocycles. The van der Waals surface area contributed by atoms with Gasteiger partial charge in [0.25, 0.3) is 0 Å². The third-order valence-corrected chi connectivity index (χ3v) is 1.38. The minimum absolute atomic E-state index is 0. The molecule has 0 heterocycles. The Balaban J connectivity index is -0.000000107. The van der Waals surface area contributed by atoms with Gasteiger partial charge in [-0.05, 0) is 19.3 Å². The summed E-state index contributed by atoms with van der Waals surface area (Å²) in [4.78, 5) is 0. The van der Waals surface area contributed by atoms with Crippen molar-refractivity contribution in [1.82, 2.24) is 0 Å². The Morgan fingerprint density at radius 1 is 0.917 bits per heavy atom. The van der Waals surface area contributed by atoms with Crippen LogP contribution in [0.15, 0.2) is 12.2 Å². The summed E-state index contributed by atoms with van der Waals surface area (Å²) in [5, 5.41) is 0. The Morgan fingerprint density at radius 3 is 1.92 bits per heavy atom. The Kier molecular flexibility index (Phi) is 44.5. The molecule has 0 rings (SSSR count). The van der Waals surface area contributed by atoms with Crippen LogP contribution in [0.5, 0.6) is 0 Å². The normalized spacial score (nSPS) is 8.17. The van der Waals surface area contributed by atoms with Crippen molar-refractivity contribution in [1.29, 1.82) is 0 Å². The molecule has 0 aromatic rings. The van der Waals surface area contributed by atoms with Gasteiger partial charge in [0.15, 0.2) is 0 Å². The number of unbranched alkanes of at least 4 members (excludes halogenated alkanes) is 3. The summed E-state index contributed by atoms with van der Waals surface area (Å²) in [5.74, 6) is 0. The molecule has 0 bridgehead atoms. The molecular weight excluding hydrogens is 292 g/mol. The van der Waals surface area contributed by atoms with Gasteiger partial charge < -0.3 is 34.0 Å². The number of allylic oxidation sites excluding steroid dienone is 2.